The third-order valence-electron chi connectivity index (χ3n) is 1.89. The number of nitrogens with zero attached hydrogens (tertiary/aromatic N) is 2. The highest BCUT2D eigenvalue weighted by Crippen LogP contribution is 2.13. The maximum absolute atomic E-state index is 8.60. The van der Waals surface area contributed by atoms with Crippen molar-refractivity contribution in [2.75, 3.05) is 0 Å². The fourth-order valence-electron chi connectivity index (χ4n) is 1.03. The zero-order chi connectivity index (χ0) is 9.56. The van der Waals surface area contributed by atoms with Gasteiger partial charge in [-0.1, -0.05) is 24.6 Å². The summed E-state index contributed by atoms with van der Waals surface area (Å²) in [6.07, 6.45) is 1.61. The quantitative estimate of drug-likeness (QED) is 0.398. The SMILES string of the molecule is CC/C(C)=C(CC)\C(C#N)=N/O. The van der Waals surface area contributed by atoms with Crippen molar-refractivity contribution in [2.24, 2.45) is 5.16 Å². The van der Waals surface area contributed by atoms with E-state index in [9.17, 15) is 0 Å². The van der Waals surface area contributed by atoms with Crippen molar-refractivity contribution in [1.29, 1.82) is 5.26 Å². The van der Waals surface area contributed by atoms with Crippen molar-refractivity contribution < 1.29 is 5.21 Å². The first-order valence-corrected chi connectivity index (χ1v) is 4.02. The van der Waals surface area contributed by atoms with Crippen molar-refractivity contribution in [3.05, 3.63) is 11.1 Å². The molecule has 0 rings (SSSR count). The van der Waals surface area contributed by atoms with Crippen molar-refractivity contribution in [3.8, 4) is 6.07 Å². The number of nitriles is 1. The van der Waals surface area contributed by atoms with Crippen LogP contribution in [0.4, 0.5) is 0 Å². The Kier molecular flexibility index (Phi) is 4.78. The summed E-state index contributed by atoms with van der Waals surface area (Å²) in [5, 5.41) is 20.0. The van der Waals surface area contributed by atoms with Crippen LogP contribution in [0, 0.1) is 11.3 Å². The lowest BCUT2D eigenvalue weighted by atomic mass is 10.0. The number of rotatable bonds is 3. The molecule has 0 amide bonds. The minimum Gasteiger partial charge on any atom is -0.410 e. The minimum absolute atomic E-state index is 0.136. The molecular formula is C9H14N2O. The molecule has 0 fully saturated rings. The molecule has 1 N–H and O–H groups in total. The third kappa shape index (κ3) is 2.39. The van der Waals surface area contributed by atoms with Crippen LogP contribution in [0.15, 0.2) is 16.3 Å². The summed E-state index contributed by atoms with van der Waals surface area (Å²) in [6, 6.07) is 1.86. The minimum atomic E-state index is 0.136. The van der Waals surface area contributed by atoms with Gasteiger partial charge in [0.05, 0.1) is 0 Å². The van der Waals surface area contributed by atoms with Crippen LogP contribution in [0.25, 0.3) is 0 Å². The fourth-order valence-corrected chi connectivity index (χ4v) is 1.03. The molecule has 12 heavy (non-hydrogen) atoms. The Morgan fingerprint density at radius 3 is 2.25 bits per heavy atom. The summed E-state index contributed by atoms with van der Waals surface area (Å²) in [6.45, 7) is 5.90. The van der Waals surface area contributed by atoms with Crippen LogP contribution in [-0.4, -0.2) is 10.9 Å². The van der Waals surface area contributed by atoms with E-state index in [2.05, 4.69) is 5.16 Å². The molecule has 0 spiro atoms. The number of hydrogen-bond acceptors (Lipinski definition) is 3. The molecule has 0 aromatic carbocycles. The van der Waals surface area contributed by atoms with Crippen LogP contribution in [-0.2, 0) is 0 Å². The van der Waals surface area contributed by atoms with E-state index in [1.54, 1.807) is 0 Å². The monoisotopic (exact) mass is 166 g/mol. The molecule has 0 aliphatic carbocycles. The number of oxime groups is 1. The van der Waals surface area contributed by atoms with Gasteiger partial charge in [0.1, 0.15) is 6.07 Å². The van der Waals surface area contributed by atoms with Gasteiger partial charge < -0.3 is 5.21 Å². The normalized spacial score (nSPS) is 13.7. The van der Waals surface area contributed by atoms with E-state index < -0.39 is 0 Å². The topological polar surface area (TPSA) is 56.4 Å². The smallest absolute Gasteiger partial charge is 0.182 e. The second-order valence-corrected chi connectivity index (χ2v) is 2.53. The van der Waals surface area contributed by atoms with Crippen LogP contribution in [0.3, 0.4) is 0 Å². The van der Waals surface area contributed by atoms with Crippen LogP contribution in [0.5, 0.6) is 0 Å². The van der Waals surface area contributed by atoms with Crippen LogP contribution in [0.1, 0.15) is 33.6 Å². The van der Waals surface area contributed by atoms with E-state index >= 15 is 0 Å². The van der Waals surface area contributed by atoms with E-state index in [1.165, 1.54) is 0 Å². The largest absolute Gasteiger partial charge is 0.410 e. The van der Waals surface area contributed by atoms with E-state index in [0.717, 1.165) is 24.0 Å². The lowest BCUT2D eigenvalue weighted by Crippen LogP contribution is -2.01. The standard InChI is InChI=1S/C9H14N2O/c1-4-7(3)8(5-2)9(6-10)11-12/h12H,4-5H2,1-3H3/b8-7-,11-9-. The van der Waals surface area contributed by atoms with E-state index in [-0.39, 0.29) is 5.71 Å². The van der Waals surface area contributed by atoms with Crippen molar-refractivity contribution in [2.45, 2.75) is 33.6 Å². The zero-order valence-corrected chi connectivity index (χ0v) is 7.76. The Morgan fingerprint density at radius 2 is 2.00 bits per heavy atom. The Hall–Kier alpha value is -1.30. The highest BCUT2D eigenvalue weighted by atomic mass is 16.4. The summed E-state index contributed by atoms with van der Waals surface area (Å²) < 4.78 is 0. The van der Waals surface area contributed by atoms with E-state index in [0.29, 0.717) is 0 Å². The summed E-state index contributed by atoms with van der Waals surface area (Å²) in [7, 11) is 0. The Balaban J connectivity index is 4.93. The molecule has 0 saturated carbocycles. The van der Waals surface area contributed by atoms with Crippen LogP contribution < -0.4 is 0 Å². The predicted molar refractivity (Wildman–Crippen MR) is 48.1 cm³/mol. The van der Waals surface area contributed by atoms with Gasteiger partial charge in [0.2, 0.25) is 0 Å². The molecular weight excluding hydrogens is 152 g/mol. The van der Waals surface area contributed by atoms with Gasteiger partial charge in [-0.3, -0.25) is 0 Å². The molecule has 0 aliphatic rings. The van der Waals surface area contributed by atoms with Gasteiger partial charge in [0.25, 0.3) is 0 Å². The molecule has 66 valence electrons. The molecule has 0 bridgehead atoms. The predicted octanol–water partition coefficient (Wildman–Crippen LogP) is 2.48. The summed E-state index contributed by atoms with van der Waals surface area (Å²) in [5.74, 6) is 0. The maximum Gasteiger partial charge on any atom is 0.182 e. The Labute approximate surface area is 73.0 Å². The van der Waals surface area contributed by atoms with Crippen molar-refractivity contribution >= 4 is 5.71 Å². The van der Waals surface area contributed by atoms with E-state index in [1.807, 2.05) is 26.8 Å². The Bertz CT molecular complexity index is 246. The molecule has 0 atom stereocenters. The number of hydrogen-bond donors (Lipinski definition) is 1. The molecule has 3 nitrogen and oxygen atoms in total. The first kappa shape index (κ1) is 10.7. The third-order valence-corrected chi connectivity index (χ3v) is 1.89. The van der Waals surface area contributed by atoms with Gasteiger partial charge in [-0.25, -0.2) is 0 Å². The molecule has 0 aromatic heterocycles. The second-order valence-electron chi connectivity index (χ2n) is 2.53. The van der Waals surface area contributed by atoms with Gasteiger partial charge in [-0.15, -0.1) is 0 Å². The lowest BCUT2D eigenvalue weighted by Gasteiger charge is -2.04. The van der Waals surface area contributed by atoms with Gasteiger partial charge in [0.15, 0.2) is 5.71 Å². The summed E-state index contributed by atoms with van der Waals surface area (Å²) >= 11 is 0. The average Bonchev–Trinajstić information content (AvgIpc) is 2.12. The highest BCUT2D eigenvalue weighted by molar-refractivity contribution is 6.11. The van der Waals surface area contributed by atoms with Gasteiger partial charge >= 0.3 is 0 Å². The summed E-state index contributed by atoms with van der Waals surface area (Å²) in [4.78, 5) is 0. The molecule has 0 unspecified atom stereocenters. The first-order chi connectivity index (χ1) is 5.71. The van der Waals surface area contributed by atoms with Gasteiger partial charge in [0, 0.05) is 0 Å². The maximum atomic E-state index is 8.60. The molecule has 0 aliphatic heterocycles. The Morgan fingerprint density at radius 1 is 1.42 bits per heavy atom. The first-order valence-electron chi connectivity index (χ1n) is 4.02. The average molecular weight is 166 g/mol. The van der Waals surface area contributed by atoms with Crippen LogP contribution >= 0.6 is 0 Å². The molecule has 0 heterocycles. The van der Waals surface area contributed by atoms with Gasteiger partial charge in [-0.05, 0) is 25.3 Å². The van der Waals surface area contributed by atoms with Crippen LogP contribution in [0.2, 0.25) is 0 Å². The van der Waals surface area contributed by atoms with E-state index in [4.69, 9.17) is 10.5 Å². The summed E-state index contributed by atoms with van der Waals surface area (Å²) in [5.41, 5.74) is 2.09. The van der Waals surface area contributed by atoms with Crippen molar-refractivity contribution in [1.82, 2.24) is 0 Å². The van der Waals surface area contributed by atoms with Gasteiger partial charge in [-0.2, -0.15) is 5.26 Å². The molecule has 3 heteroatoms. The number of allylic oxidation sites excluding steroid dienone is 2. The second kappa shape index (κ2) is 5.36. The molecule has 0 aromatic rings. The highest BCUT2D eigenvalue weighted by Gasteiger charge is 2.07. The van der Waals surface area contributed by atoms with Crippen molar-refractivity contribution in [3.63, 3.8) is 0 Å². The zero-order valence-electron chi connectivity index (χ0n) is 7.76. The molecule has 0 radical (unpaired) electrons. The lowest BCUT2D eigenvalue weighted by molar-refractivity contribution is 0.320. The fraction of sp³-hybridized carbons (Fsp3) is 0.556. The molecule has 0 saturated heterocycles.